The first kappa shape index (κ1) is 13.2. The minimum atomic E-state index is -1.05. The molecule has 1 heterocycles. The molecule has 0 fully saturated rings. The molecular formula is C13H12N2O3S. The number of aromatic carboxylic acids is 1. The summed E-state index contributed by atoms with van der Waals surface area (Å²) in [5.41, 5.74) is 0.433. The van der Waals surface area contributed by atoms with Crippen LogP contribution in [0.1, 0.15) is 30.6 Å². The Labute approximate surface area is 113 Å². The zero-order valence-electron chi connectivity index (χ0n) is 10.2. The number of carbonyl (C=O) groups is 2. The smallest absolute Gasteiger partial charge is 0.335 e. The lowest BCUT2D eigenvalue weighted by Gasteiger charge is -2.04. The summed E-state index contributed by atoms with van der Waals surface area (Å²) in [6, 6.07) is 5.94. The van der Waals surface area contributed by atoms with Crippen LogP contribution in [-0.4, -0.2) is 22.0 Å². The highest BCUT2D eigenvalue weighted by Gasteiger charge is 2.09. The molecule has 1 aromatic carbocycles. The van der Waals surface area contributed by atoms with Crippen LogP contribution in [0.4, 0.5) is 0 Å². The molecule has 0 saturated heterocycles. The van der Waals surface area contributed by atoms with Crippen molar-refractivity contribution in [2.45, 2.75) is 13.5 Å². The zero-order chi connectivity index (χ0) is 13.8. The summed E-state index contributed by atoms with van der Waals surface area (Å²) in [5, 5.41) is 12.5. The standard InChI is InChI=1S/C13H12N2O3S/c1-8-14-6-11(19-8)7-15-12(16)9-3-2-4-10(5-9)13(17)18/h2-6H,7H2,1H3,(H,15,16)(H,17,18). The zero-order valence-corrected chi connectivity index (χ0v) is 11.0. The molecule has 98 valence electrons. The van der Waals surface area contributed by atoms with E-state index in [1.807, 2.05) is 6.92 Å². The monoisotopic (exact) mass is 276 g/mol. The van der Waals surface area contributed by atoms with Gasteiger partial charge in [-0.1, -0.05) is 6.07 Å². The van der Waals surface area contributed by atoms with E-state index < -0.39 is 5.97 Å². The van der Waals surface area contributed by atoms with Gasteiger partial charge in [0.1, 0.15) is 0 Å². The number of carboxylic acid groups (broad SMARTS) is 1. The van der Waals surface area contributed by atoms with E-state index in [2.05, 4.69) is 10.3 Å². The van der Waals surface area contributed by atoms with Gasteiger partial charge >= 0.3 is 5.97 Å². The number of benzene rings is 1. The van der Waals surface area contributed by atoms with Crippen molar-refractivity contribution in [3.63, 3.8) is 0 Å². The van der Waals surface area contributed by atoms with Crippen molar-refractivity contribution >= 4 is 23.2 Å². The van der Waals surface area contributed by atoms with Gasteiger partial charge in [-0.05, 0) is 25.1 Å². The van der Waals surface area contributed by atoms with Crippen molar-refractivity contribution < 1.29 is 14.7 Å². The molecule has 1 amide bonds. The van der Waals surface area contributed by atoms with Gasteiger partial charge in [0.25, 0.3) is 5.91 Å². The van der Waals surface area contributed by atoms with Gasteiger partial charge in [0.15, 0.2) is 0 Å². The third-order valence-corrected chi connectivity index (χ3v) is 3.38. The predicted octanol–water partition coefficient (Wildman–Crippen LogP) is 2.08. The van der Waals surface area contributed by atoms with E-state index >= 15 is 0 Å². The molecule has 0 saturated carbocycles. The number of hydrogen-bond donors (Lipinski definition) is 2. The highest BCUT2D eigenvalue weighted by molar-refractivity contribution is 7.11. The van der Waals surface area contributed by atoms with Crippen LogP contribution in [0, 0.1) is 6.92 Å². The number of rotatable bonds is 4. The van der Waals surface area contributed by atoms with Crippen LogP contribution >= 0.6 is 11.3 Å². The van der Waals surface area contributed by atoms with Crippen LogP contribution in [0.5, 0.6) is 0 Å². The first-order valence-corrected chi connectivity index (χ1v) is 6.41. The summed E-state index contributed by atoms with van der Waals surface area (Å²) in [5.74, 6) is -1.35. The SMILES string of the molecule is Cc1ncc(CNC(=O)c2cccc(C(=O)O)c2)s1. The van der Waals surface area contributed by atoms with Crippen LogP contribution < -0.4 is 5.32 Å². The Morgan fingerprint density at radius 2 is 2.11 bits per heavy atom. The summed E-state index contributed by atoms with van der Waals surface area (Å²) in [7, 11) is 0. The number of amides is 1. The Hall–Kier alpha value is -2.21. The second kappa shape index (κ2) is 5.62. The number of nitrogens with zero attached hydrogens (tertiary/aromatic N) is 1. The van der Waals surface area contributed by atoms with Crippen LogP contribution in [-0.2, 0) is 6.54 Å². The molecule has 0 atom stereocenters. The van der Waals surface area contributed by atoms with Crippen LogP contribution in [0.3, 0.4) is 0 Å². The molecule has 2 rings (SSSR count). The molecule has 2 N–H and O–H groups in total. The van der Waals surface area contributed by atoms with Crippen LogP contribution in [0.25, 0.3) is 0 Å². The van der Waals surface area contributed by atoms with Gasteiger partial charge in [0, 0.05) is 16.6 Å². The van der Waals surface area contributed by atoms with Crippen molar-refractivity contribution in [1.29, 1.82) is 0 Å². The molecule has 0 aliphatic heterocycles. The van der Waals surface area contributed by atoms with Gasteiger partial charge in [0.05, 0.1) is 17.1 Å². The quantitative estimate of drug-likeness (QED) is 0.896. The third kappa shape index (κ3) is 3.38. The van der Waals surface area contributed by atoms with Crippen molar-refractivity contribution in [3.8, 4) is 0 Å². The summed E-state index contributed by atoms with van der Waals surface area (Å²) in [6.07, 6.45) is 1.72. The maximum Gasteiger partial charge on any atom is 0.335 e. The molecule has 0 bridgehead atoms. The largest absolute Gasteiger partial charge is 0.478 e. The van der Waals surface area contributed by atoms with Crippen molar-refractivity contribution in [2.75, 3.05) is 0 Å². The van der Waals surface area contributed by atoms with Crippen molar-refractivity contribution in [2.24, 2.45) is 0 Å². The van der Waals surface area contributed by atoms with Gasteiger partial charge in [-0.3, -0.25) is 4.79 Å². The Bertz CT molecular complexity index is 622. The highest BCUT2D eigenvalue weighted by Crippen LogP contribution is 2.11. The molecule has 2 aromatic rings. The van der Waals surface area contributed by atoms with E-state index in [9.17, 15) is 9.59 Å². The summed E-state index contributed by atoms with van der Waals surface area (Å²) in [4.78, 5) is 27.8. The Morgan fingerprint density at radius 3 is 2.74 bits per heavy atom. The number of carbonyl (C=O) groups excluding carboxylic acids is 1. The molecule has 6 heteroatoms. The molecule has 0 spiro atoms. The van der Waals surface area contributed by atoms with E-state index in [1.54, 1.807) is 18.3 Å². The van der Waals surface area contributed by atoms with Crippen molar-refractivity contribution in [3.05, 3.63) is 51.5 Å². The molecule has 1 aromatic heterocycles. The molecule has 0 radical (unpaired) electrons. The number of aromatic nitrogens is 1. The van der Waals surface area contributed by atoms with Gasteiger partial charge < -0.3 is 10.4 Å². The minimum Gasteiger partial charge on any atom is -0.478 e. The van der Waals surface area contributed by atoms with E-state index in [-0.39, 0.29) is 11.5 Å². The van der Waals surface area contributed by atoms with E-state index in [0.29, 0.717) is 12.1 Å². The topological polar surface area (TPSA) is 79.3 Å². The summed E-state index contributed by atoms with van der Waals surface area (Å²) in [6.45, 7) is 2.29. The average Bonchev–Trinajstić information content (AvgIpc) is 2.82. The second-order valence-corrected chi connectivity index (χ2v) is 5.23. The summed E-state index contributed by atoms with van der Waals surface area (Å²) < 4.78 is 0. The molecule has 0 aliphatic carbocycles. The fraction of sp³-hybridized carbons (Fsp3) is 0.154. The molecule has 0 unspecified atom stereocenters. The van der Waals surface area contributed by atoms with Crippen molar-refractivity contribution in [1.82, 2.24) is 10.3 Å². The highest BCUT2D eigenvalue weighted by atomic mass is 32.1. The maximum atomic E-state index is 11.9. The van der Waals surface area contributed by atoms with Crippen LogP contribution in [0.2, 0.25) is 0 Å². The van der Waals surface area contributed by atoms with Gasteiger partial charge in [-0.2, -0.15) is 0 Å². The van der Waals surface area contributed by atoms with Gasteiger partial charge in [-0.25, -0.2) is 9.78 Å². The molecule has 19 heavy (non-hydrogen) atoms. The van der Waals surface area contributed by atoms with E-state index in [4.69, 9.17) is 5.11 Å². The number of thiazole rings is 1. The van der Waals surface area contributed by atoms with E-state index in [0.717, 1.165) is 9.88 Å². The minimum absolute atomic E-state index is 0.0984. The molecule has 0 aliphatic rings. The fourth-order valence-corrected chi connectivity index (χ4v) is 2.28. The Balaban J connectivity index is 2.03. The first-order chi connectivity index (χ1) is 9.06. The lowest BCUT2D eigenvalue weighted by molar-refractivity contribution is 0.0697. The Kier molecular flexibility index (Phi) is 3.91. The second-order valence-electron chi connectivity index (χ2n) is 3.91. The normalized spacial score (nSPS) is 10.2. The lowest BCUT2D eigenvalue weighted by atomic mass is 10.1. The average molecular weight is 276 g/mol. The van der Waals surface area contributed by atoms with Crippen LogP contribution in [0.15, 0.2) is 30.5 Å². The number of carboxylic acids is 1. The molecular weight excluding hydrogens is 264 g/mol. The number of nitrogens with one attached hydrogen (secondary N) is 1. The fourth-order valence-electron chi connectivity index (χ4n) is 1.55. The van der Waals surface area contributed by atoms with Gasteiger partial charge in [0.2, 0.25) is 0 Å². The predicted molar refractivity (Wildman–Crippen MR) is 71.4 cm³/mol. The van der Waals surface area contributed by atoms with Gasteiger partial charge in [-0.15, -0.1) is 11.3 Å². The number of aryl methyl sites for hydroxylation is 1. The summed E-state index contributed by atoms with van der Waals surface area (Å²) >= 11 is 1.51. The van der Waals surface area contributed by atoms with E-state index in [1.165, 1.54) is 23.5 Å². The molecule has 5 nitrogen and oxygen atoms in total. The number of hydrogen-bond acceptors (Lipinski definition) is 4. The third-order valence-electron chi connectivity index (χ3n) is 2.46. The lowest BCUT2D eigenvalue weighted by Crippen LogP contribution is -2.22. The maximum absolute atomic E-state index is 11.9. The first-order valence-electron chi connectivity index (χ1n) is 5.59. The Morgan fingerprint density at radius 1 is 1.37 bits per heavy atom.